The van der Waals surface area contributed by atoms with Crippen molar-refractivity contribution < 1.29 is 14.3 Å². The van der Waals surface area contributed by atoms with E-state index in [1.165, 1.54) is 6.07 Å². The molecule has 3 N–H and O–H groups in total. The standard InChI is InChI=1S/C14H20BrFN2O2/c1-3-6-14(2,9-19)18-13(20)17-8-10-7-11(15)4-5-12(10)16/h4-5,7,19H,3,6,8-9H2,1-2H3,(H2,17,18,20). The van der Waals surface area contributed by atoms with E-state index in [4.69, 9.17) is 0 Å². The molecule has 0 saturated heterocycles. The first-order valence-electron chi connectivity index (χ1n) is 6.51. The molecule has 0 saturated carbocycles. The predicted octanol–water partition coefficient (Wildman–Crippen LogP) is 2.94. The van der Waals surface area contributed by atoms with Crippen LogP contribution in [0.5, 0.6) is 0 Å². The molecule has 1 aromatic rings. The number of carbonyl (C=O) groups excluding carboxylic acids is 1. The molecule has 0 heterocycles. The Morgan fingerprint density at radius 2 is 2.20 bits per heavy atom. The molecule has 0 aliphatic rings. The lowest BCUT2D eigenvalue weighted by atomic mass is 9.98. The summed E-state index contributed by atoms with van der Waals surface area (Å²) >= 11 is 3.26. The molecule has 4 nitrogen and oxygen atoms in total. The Morgan fingerprint density at radius 1 is 1.50 bits per heavy atom. The lowest BCUT2D eigenvalue weighted by molar-refractivity contribution is 0.163. The number of urea groups is 1. The maximum atomic E-state index is 13.5. The van der Waals surface area contributed by atoms with Gasteiger partial charge in [0, 0.05) is 16.6 Å². The molecule has 1 unspecified atom stereocenters. The van der Waals surface area contributed by atoms with Crippen molar-refractivity contribution in [2.24, 2.45) is 0 Å². The molecule has 0 fully saturated rings. The van der Waals surface area contributed by atoms with Crippen molar-refractivity contribution in [3.8, 4) is 0 Å². The smallest absolute Gasteiger partial charge is 0.315 e. The Hall–Kier alpha value is -1.14. The Morgan fingerprint density at radius 3 is 2.80 bits per heavy atom. The third kappa shape index (κ3) is 5.09. The monoisotopic (exact) mass is 346 g/mol. The molecule has 0 bridgehead atoms. The van der Waals surface area contributed by atoms with E-state index in [-0.39, 0.29) is 19.0 Å². The summed E-state index contributed by atoms with van der Waals surface area (Å²) in [6, 6.07) is 4.14. The summed E-state index contributed by atoms with van der Waals surface area (Å²) < 4.78 is 14.3. The van der Waals surface area contributed by atoms with E-state index in [0.717, 1.165) is 10.9 Å². The summed E-state index contributed by atoms with van der Waals surface area (Å²) in [5.74, 6) is -0.369. The van der Waals surface area contributed by atoms with Gasteiger partial charge in [-0.15, -0.1) is 0 Å². The van der Waals surface area contributed by atoms with Gasteiger partial charge < -0.3 is 15.7 Å². The van der Waals surface area contributed by atoms with Crippen LogP contribution in [-0.2, 0) is 6.54 Å². The molecule has 0 spiro atoms. The van der Waals surface area contributed by atoms with Gasteiger partial charge in [0.1, 0.15) is 5.82 Å². The maximum absolute atomic E-state index is 13.5. The fourth-order valence-electron chi connectivity index (χ4n) is 1.91. The largest absolute Gasteiger partial charge is 0.394 e. The Kier molecular flexibility index (Phi) is 6.42. The van der Waals surface area contributed by atoms with Crippen LogP contribution < -0.4 is 10.6 Å². The van der Waals surface area contributed by atoms with E-state index in [0.29, 0.717) is 12.0 Å². The Balaban J connectivity index is 2.57. The minimum atomic E-state index is -0.658. The van der Waals surface area contributed by atoms with Crippen LogP contribution in [0.15, 0.2) is 22.7 Å². The maximum Gasteiger partial charge on any atom is 0.315 e. The summed E-state index contributed by atoms with van der Waals surface area (Å²) in [5.41, 5.74) is -0.259. The zero-order chi connectivity index (χ0) is 15.2. The van der Waals surface area contributed by atoms with Gasteiger partial charge in [-0.3, -0.25) is 0 Å². The molecule has 1 rings (SSSR count). The summed E-state index contributed by atoms with van der Waals surface area (Å²) in [5, 5.41) is 14.6. The molecule has 0 aromatic heterocycles. The van der Waals surface area contributed by atoms with Crippen LogP contribution in [0.4, 0.5) is 9.18 Å². The van der Waals surface area contributed by atoms with Crippen LogP contribution in [0.1, 0.15) is 32.3 Å². The number of amides is 2. The normalized spacial score (nSPS) is 13.7. The van der Waals surface area contributed by atoms with Crippen molar-refractivity contribution in [1.82, 2.24) is 10.6 Å². The van der Waals surface area contributed by atoms with Gasteiger partial charge in [-0.05, 0) is 31.5 Å². The zero-order valence-electron chi connectivity index (χ0n) is 11.7. The van der Waals surface area contributed by atoms with E-state index in [9.17, 15) is 14.3 Å². The van der Waals surface area contributed by atoms with E-state index in [2.05, 4.69) is 26.6 Å². The number of rotatable bonds is 6. The SMILES string of the molecule is CCCC(C)(CO)NC(=O)NCc1cc(Br)ccc1F. The lowest BCUT2D eigenvalue weighted by Gasteiger charge is -2.28. The molecule has 112 valence electrons. The van der Waals surface area contributed by atoms with Crippen molar-refractivity contribution in [2.75, 3.05) is 6.61 Å². The number of halogens is 2. The molecule has 0 aliphatic heterocycles. The summed E-state index contributed by atoms with van der Waals surface area (Å²) in [6.07, 6.45) is 1.51. The highest BCUT2D eigenvalue weighted by atomic mass is 79.9. The molecule has 0 aliphatic carbocycles. The average Bonchev–Trinajstić information content (AvgIpc) is 2.40. The third-order valence-electron chi connectivity index (χ3n) is 3.01. The first kappa shape index (κ1) is 16.9. The second kappa shape index (κ2) is 7.59. The minimum absolute atomic E-state index is 0.0880. The second-order valence-corrected chi connectivity index (χ2v) is 5.93. The van der Waals surface area contributed by atoms with Gasteiger partial charge in [0.25, 0.3) is 0 Å². The quantitative estimate of drug-likeness (QED) is 0.741. The molecular weight excluding hydrogens is 327 g/mol. The highest BCUT2D eigenvalue weighted by Gasteiger charge is 2.24. The van der Waals surface area contributed by atoms with Crippen molar-refractivity contribution in [1.29, 1.82) is 0 Å². The lowest BCUT2D eigenvalue weighted by Crippen LogP contribution is -2.52. The van der Waals surface area contributed by atoms with E-state index >= 15 is 0 Å². The Bertz CT molecular complexity index is 470. The fourth-order valence-corrected chi connectivity index (χ4v) is 2.31. The van der Waals surface area contributed by atoms with E-state index in [1.807, 2.05) is 6.92 Å². The number of aliphatic hydroxyl groups is 1. The number of aliphatic hydroxyl groups excluding tert-OH is 1. The Labute approximate surface area is 126 Å². The molecule has 6 heteroatoms. The number of hydrogen-bond donors (Lipinski definition) is 3. The molecule has 2 amide bonds. The van der Waals surface area contributed by atoms with Crippen molar-refractivity contribution in [3.05, 3.63) is 34.1 Å². The minimum Gasteiger partial charge on any atom is -0.394 e. The topological polar surface area (TPSA) is 61.4 Å². The summed E-state index contributed by atoms with van der Waals surface area (Å²) in [6.45, 7) is 3.70. The third-order valence-corrected chi connectivity index (χ3v) is 3.51. The van der Waals surface area contributed by atoms with Crippen LogP contribution in [-0.4, -0.2) is 23.3 Å². The summed E-state index contributed by atoms with van der Waals surface area (Å²) in [7, 11) is 0. The van der Waals surface area contributed by atoms with E-state index < -0.39 is 11.6 Å². The first-order valence-corrected chi connectivity index (χ1v) is 7.30. The second-order valence-electron chi connectivity index (χ2n) is 5.01. The van der Waals surface area contributed by atoms with Crippen molar-refractivity contribution in [3.63, 3.8) is 0 Å². The van der Waals surface area contributed by atoms with Crippen LogP contribution in [0.25, 0.3) is 0 Å². The average molecular weight is 347 g/mol. The molecule has 1 atom stereocenters. The van der Waals surface area contributed by atoms with Gasteiger partial charge >= 0.3 is 6.03 Å². The van der Waals surface area contributed by atoms with Crippen LogP contribution in [0, 0.1) is 5.82 Å². The zero-order valence-corrected chi connectivity index (χ0v) is 13.3. The van der Waals surface area contributed by atoms with Gasteiger partial charge in [0.15, 0.2) is 0 Å². The number of nitrogens with one attached hydrogen (secondary N) is 2. The van der Waals surface area contributed by atoms with Crippen LogP contribution in [0.2, 0.25) is 0 Å². The van der Waals surface area contributed by atoms with Crippen molar-refractivity contribution >= 4 is 22.0 Å². The van der Waals surface area contributed by atoms with Gasteiger partial charge in [-0.1, -0.05) is 29.3 Å². The molecule has 1 aromatic carbocycles. The van der Waals surface area contributed by atoms with E-state index in [1.54, 1.807) is 19.1 Å². The van der Waals surface area contributed by atoms with Crippen LogP contribution >= 0.6 is 15.9 Å². The number of carbonyl (C=O) groups is 1. The molecule has 0 radical (unpaired) electrons. The van der Waals surface area contributed by atoms with Gasteiger partial charge in [-0.2, -0.15) is 0 Å². The predicted molar refractivity (Wildman–Crippen MR) is 79.9 cm³/mol. The molecular formula is C14H20BrFN2O2. The highest BCUT2D eigenvalue weighted by Crippen LogP contribution is 2.15. The summed E-state index contributed by atoms with van der Waals surface area (Å²) in [4.78, 5) is 11.8. The van der Waals surface area contributed by atoms with Gasteiger partial charge in [0.2, 0.25) is 0 Å². The first-order chi connectivity index (χ1) is 9.40. The highest BCUT2D eigenvalue weighted by molar-refractivity contribution is 9.10. The van der Waals surface area contributed by atoms with Gasteiger partial charge in [-0.25, -0.2) is 9.18 Å². The number of benzene rings is 1. The van der Waals surface area contributed by atoms with Gasteiger partial charge in [0.05, 0.1) is 12.1 Å². The van der Waals surface area contributed by atoms with Crippen molar-refractivity contribution in [2.45, 2.75) is 38.8 Å². The van der Waals surface area contributed by atoms with Crippen LogP contribution in [0.3, 0.4) is 0 Å². The number of hydrogen-bond acceptors (Lipinski definition) is 2. The fraction of sp³-hybridized carbons (Fsp3) is 0.500. The molecule has 20 heavy (non-hydrogen) atoms.